The Balaban J connectivity index is 1.83. The van der Waals surface area contributed by atoms with Gasteiger partial charge in [-0.25, -0.2) is 4.85 Å². The van der Waals surface area contributed by atoms with E-state index in [1.54, 1.807) is 0 Å². The van der Waals surface area contributed by atoms with Gasteiger partial charge in [0.2, 0.25) is 0 Å². The molecule has 0 aliphatic carbocycles. The van der Waals surface area contributed by atoms with Gasteiger partial charge in [0.1, 0.15) is 11.2 Å². The second kappa shape index (κ2) is 5.93. The van der Waals surface area contributed by atoms with E-state index in [0.29, 0.717) is 5.69 Å². The monoisotopic (exact) mass is 413 g/mol. The number of para-hydroxylation sites is 3. The molecule has 4 heteroatoms. The third kappa shape index (κ3) is 2.01. The molecule has 152 valence electrons. The van der Waals surface area contributed by atoms with Crippen LogP contribution < -0.4 is 4.90 Å². The van der Waals surface area contributed by atoms with Crippen LogP contribution in [-0.2, 0) is 0 Å². The molecule has 0 N–H and O–H groups in total. The molecule has 3 heterocycles. The third-order valence-electron chi connectivity index (χ3n) is 6.62. The molecule has 0 unspecified atom stereocenters. The minimum absolute atomic E-state index is 0.254. The van der Waals surface area contributed by atoms with Gasteiger partial charge in [0.15, 0.2) is 5.69 Å². The first-order valence-electron chi connectivity index (χ1n) is 10.9. The Morgan fingerprint density at radius 1 is 0.812 bits per heavy atom. The SMILES string of the molecule is [C-]#[N+]c1ccc2c(c1)c1cc3oc4ccccc4c3c3c1n2-c1ccccc1N3C(C)C. The lowest BCUT2D eigenvalue weighted by Crippen LogP contribution is -2.29. The first-order chi connectivity index (χ1) is 15.7. The van der Waals surface area contributed by atoms with Crippen LogP contribution in [0.2, 0.25) is 0 Å². The van der Waals surface area contributed by atoms with Gasteiger partial charge in [0.05, 0.1) is 40.1 Å². The third-order valence-corrected chi connectivity index (χ3v) is 6.62. The second-order valence-electron chi connectivity index (χ2n) is 8.69. The van der Waals surface area contributed by atoms with Crippen molar-refractivity contribution >= 4 is 60.8 Å². The number of nitrogens with zero attached hydrogens (tertiary/aromatic N) is 3. The first-order valence-corrected chi connectivity index (χ1v) is 10.9. The molecule has 0 amide bonds. The second-order valence-corrected chi connectivity index (χ2v) is 8.69. The van der Waals surface area contributed by atoms with Crippen molar-refractivity contribution in [3.05, 3.63) is 84.2 Å². The highest BCUT2D eigenvalue weighted by Gasteiger charge is 2.32. The van der Waals surface area contributed by atoms with Crippen molar-refractivity contribution < 1.29 is 4.42 Å². The van der Waals surface area contributed by atoms with Crippen LogP contribution >= 0.6 is 0 Å². The van der Waals surface area contributed by atoms with E-state index in [1.807, 2.05) is 24.3 Å². The molecule has 0 bridgehead atoms. The summed E-state index contributed by atoms with van der Waals surface area (Å²) in [5.74, 6) is 0. The van der Waals surface area contributed by atoms with Crippen LogP contribution in [0.5, 0.6) is 0 Å². The molecular formula is C28H19N3O. The van der Waals surface area contributed by atoms with Crippen LogP contribution in [-0.4, -0.2) is 10.6 Å². The molecule has 7 rings (SSSR count). The van der Waals surface area contributed by atoms with E-state index < -0.39 is 0 Å². The minimum atomic E-state index is 0.254. The van der Waals surface area contributed by atoms with Crippen molar-refractivity contribution in [3.63, 3.8) is 0 Å². The van der Waals surface area contributed by atoms with Crippen molar-refractivity contribution in [3.8, 4) is 5.69 Å². The highest BCUT2D eigenvalue weighted by atomic mass is 16.3. The fraction of sp³-hybridized carbons (Fsp3) is 0.107. The maximum absolute atomic E-state index is 7.53. The molecule has 2 aromatic heterocycles. The van der Waals surface area contributed by atoms with Crippen LogP contribution in [0.25, 0.3) is 54.3 Å². The van der Waals surface area contributed by atoms with Gasteiger partial charge in [-0.3, -0.25) is 0 Å². The minimum Gasteiger partial charge on any atom is -0.456 e. The zero-order valence-corrected chi connectivity index (χ0v) is 17.8. The number of aromatic nitrogens is 1. The van der Waals surface area contributed by atoms with Crippen molar-refractivity contribution in [2.45, 2.75) is 19.9 Å². The maximum atomic E-state index is 7.53. The van der Waals surface area contributed by atoms with Crippen LogP contribution in [0.4, 0.5) is 17.1 Å². The summed E-state index contributed by atoms with van der Waals surface area (Å²) >= 11 is 0. The largest absolute Gasteiger partial charge is 0.456 e. The standard InChI is InChI=1S/C28H19N3O/c1-16(2)30-22-9-5-6-10-23(22)31-21-13-12-17(29-3)14-19(21)20-15-25-26(28(30)27(20)31)18-8-4-7-11-24(18)32-25/h4-16H,1-2H3. The quantitative estimate of drug-likeness (QED) is 0.255. The Morgan fingerprint density at radius 3 is 2.41 bits per heavy atom. The Bertz CT molecular complexity index is 1780. The zero-order chi connectivity index (χ0) is 21.6. The number of fused-ring (bicyclic) bond motifs is 9. The van der Waals surface area contributed by atoms with E-state index >= 15 is 0 Å². The predicted molar refractivity (Wildman–Crippen MR) is 132 cm³/mol. The average Bonchev–Trinajstić information content (AvgIpc) is 3.35. The van der Waals surface area contributed by atoms with Crippen molar-refractivity contribution in [2.24, 2.45) is 0 Å². The number of hydrogen-bond acceptors (Lipinski definition) is 2. The van der Waals surface area contributed by atoms with Crippen LogP contribution in [0, 0.1) is 6.57 Å². The van der Waals surface area contributed by atoms with E-state index in [9.17, 15) is 0 Å². The predicted octanol–water partition coefficient (Wildman–Crippen LogP) is 8.09. The number of hydrogen-bond donors (Lipinski definition) is 0. The van der Waals surface area contributed by atoms with E-state index in [0.717, 1.165) is 43.9 Å². The van der Waals surface area contributed by atoms with Gasteiger partial charge >= 0.3 is 0 Å². The Hall–Kier alpha value is -4.23. The highest BCUT2D eigenvalue weighted by molar-refractivity contribution is 6.27. The van der Waals surface area contributed by atoms with Gasteiger partial charge in [0, 0.05) is 16.8 Å². The summed E-state index contributed by atoms with van der Waals surface area (Å²) in [5, 5.41) is 4.47. The first kappa shape index (κ1) is 17.5. The molecule has 4 aromatic carbocycles. The Labute approximate surface area is 184 Å². The van der Waals surface area contributed by atoms with E-state index in [4.69, 9.17) is 11.0 Å². The molecule has 32 heavy (non-hydrogen) atoms. The van der Waals surface area contributed by atoms with Crippen molar-refractivity contribution in [2.75, 3.05) is 4.90 Å². The molecule has 0 radical (unpaired) electrons. The summed E-state index contributed by atoms with van der Waals surface area (Å²) in [6, 6.07) is 25.3. The smallest absolute Gasteiger partial charge is 0.188 e. The highest BCUT2D eigenvalue weighted by Crippen LogP contribution is 2.52. The van der Waals surface area contributed by atoms with Crippen LogP contribution in [0.15, 0.2) is 77.2 Å². The van der Waals surface area contributed by atoms with E-state index in [2.05, 4.69) is 76.7 Å². The van der Waals surface area contributed by atoms with Crippen molar-refractivity contribution in [1.82, 2.24) is 4.57 Å². The molecule has 1 aliphatic rings. The van der Waals surface area contributed by atoms with Gasteiger partial charge in [-0.2, -0.15) is 0 Å². The van der Waals surface area contributed by atoms with Gasteiger partial charge in [0.25, 0.3) is 0 Å². The van der Waals surface area contributed by atoms with Gasteiger partial charge in [-0.05, 0) is 55.6 Å². The number of benzene rings is 4. The normalized spacial score (nSPS) is 12.9. The molecule has 1 aliphatic heterocycles. The fourth-order valence-electron chi connectivity index (χ4n) is 5.41. The lowest BCUT2D eigenvalue weighted by molar-refractivity contribution is 0.669. The van der Waals surface area contributed by atoms with E-state index in [-0.39, 0.29) is 6.04 Å². The lowest BCUT2D eigenvalue weighted by atomic mass is 10.0. The van der Waals surface area contributed by atoms with E-state index in [1.165, 1.54) is 16.9 Å². The number of rotatable bonds is 1. The summed E-state index contributed by atoms with van der Waals surface area (Å²) in [4.78, 5) is 6.13. The van der Waals surface area contributed by atoms with Crippen LogP contribution in [0.3, 0.4) is 0 Å². The summed E-state index contributed by atoms with van der Waals surface area (Å²) in [5.41, 5.74) is 8.23. The summed E-state index contributed by atoms with van der Waals surface area (Å²) in [7, 11) is 0. The molecular weight excluding hydrogens is 394 g/mol. The number of anilines is 2. The molecule has 4 nitrogen and oxygen atoms in total. The van der Waals surface area contributed by atoms with Crippen LogP contribution in [0.1, 0.15) is 13.8 Å². The molecule has 0 atom stereocenters. The Morgan fingerprint density at radius 2 is 1.59 bits per heavy atom. The fourth-order valence-corrected chi connectivity index (χ4v) is 5.41. The van der Waals surface area contributed by atoms with Crippen molar-refractivity contribution in [1.29, 1.82) is 0 Å². The maximum Gasteiger partial charge on any atom is 0.188 e. The topological polar surface area (TPSA) is 25.7 Å². The van der Waals surface area contributed by atoms with Gasteiger partial charge < -0.3 is 13.9 Å². The van der Waals surface area contributed by atoms with Gasteiger partial charge in [-0.15, -0.1) is 0 Å². The summed E-state index contributed by atoms with van der Waals surface area (Å²) in [6.07, 6.45) is 0. The average molecular weight is 413 g/mol. The molecule has 0 fully saturated rings. The lowest BCUT2D eigenvalue weighted by Gasteiger charge is -2.36. The molecule has 0 spiro atoms. The molecule has 6 aromatic rings. The number of furan rings is 1. The zero-order valence-electron chi connectivity index (χ0n) is 17.8. The Kier molecular flexibility index (Phi) is 3.23. The molecule has 0 saturated carbocycles. The summed E-state index contributed by atoms with van der Waals surface area (Å²) in [6.45, 7) is 12.0. The van der Waals surface area contributed by atoms with Gasteiger partial charge in [-0.1, -0.05) is 36.4 Å². The summed E-state index contributed by atoms with van der Waals surface area (Å²) < 4.78 is 8.73. The molecule has 0 saturated heterocycles.